The number of thiophene rings is 1. The lowest BCUT2D eigenvalue weighted by Gasteiger charge is -2.10. The summed E-state index contributed by atoms with van der Waals surface area (Å²) >= 11 is 8.96. The number of anilines is 1. The second-order valence-electron chi connectivity index (χ2n) is 4.51. The number of carbonyl (C=O) groups excluding carboxylic acids is 1. The van der Waals surface area contributed by atoms with E-state index in [1.807, 2.05) is 36.4 Å². The van der Waals surface area contributed by atoms with Gasteiger partial charge in [0.1, 0.15) is 0 Å². The summed E-state index contributed by atoms with van der Waals surface area (Å²) in [5.74, 6) is 0.703. The molecule has 0 saturated heterocycles. The number of amides is 1. The van der Waals surface area contributed by atoms with E-state index in [-0.39, 0.29) is 5.91 Å². The summed E-state index contributed by atoms with van der Waals surface area (Å²) in [6.45, 7) is 0. The maximum atomic E-state index is 12.1. The molecule has 0 atom stereocenters. The number of rotatable bonds is 7. The number of hydrogen-bond acceptors (Lipinski definition) is 4. The Morgan fingerprint density at radius 3 is 2.86 bits per heavy atom. The molecule has 0 aliphatic carbocycles. The summed E-state index contributed by atoms with van der Waals surface area (Å²) in [7, 11) is 0. The number of nitriles is 1. The summed E-state index contributed by atoms with van der Waals surface area (Å²) in [4.78, 5) is 14.2. The van der Waals surface area contributed by atoms with Crippen LogP contribution in [0.25, 0.3) is 0 Å². The monoisotopic (exact) mass is 350 g/mol. The molecule has 3 nitrogen and oxygen atoms in total. The van der Waals surface area contributed by atoms with Crippen molar-refractivity contribution in [3.8, 4) is 6.07 Å². The highest BCUT2D eigenvalue weighted by Gasteiger charge is 2.08. The molecule has 22 heavy (non-hydrogen) atoms. The maximum Gasteiger partial charge on any atom is 0.224 e. The maximum absolute atomic E-state index is 12.1. The molecule has 2 aromatic rings. The van der Waals surface area contributed by atoms with E-state index in [0.29, 0.717) is 19.3 Å². The van der Waals surface area contributed by atoms with Crippen molar-refractivity contribution in [3.63, 3.8) is 0 Å². The predicted octanol–water partition coefficient (Wildman–Crippen LogP) is 4.98. The Hall–Kier alpha value is -1.48. The fourth-order valence-electron chi connectivity index (χ4n) is 1.84. The normalized spacial score (nSPS) is 10.2. The lowest BCUT2D eigenvalue weighted by Crippen LogP contribution is -2.12. The van der Waals surface area contributed by atoms with E-state index in [1.165, 1.54) is 11.3 Å². The van der Waals surface area contributed by atoms with Crippen molar-refractivity contribution in [2.75, 3.05) is 11.1 Å². The zero-order valence-corrected chi connectivity index (χ0v) is 14.2. The summed E-state index contributed by atoms with van der Waals surface area (Å²) in [6, 6.07) is 13.6. The number of carbonyl (C=O) groups is 1. The van der Waals surface area contributed by atoms with Crippen LogP contribution in [-0.4, -0.2) is 11.7 Å². The van der Waals surface area contributed by atoms with Crippen LogP contribution in [0.2, 0.25) is 4.34 Å². The summed E-state index contributed by atoms with van der Waals surface area (Å²) < 4.78 is 0.745. The topological polar surface area (TPSA) is 52.9 Å². The van der Waals surface area contributed by atoms with Gasteiger partial charge in [-0.25, -0.2) is 0 Å². The van der Waals surface area contributed by atoms with E-state index >= 15 is 0 Å². The minimum atomic E-state index is -0.0159. The van der Waals surface area contributed by atoms with Crippen molar-refractivity contribution < 1.29 is 4.79 Å². The van der Waals surface area contributed by atoms with Crippen LogP contribution in [0, 0.1) is 11.3 Å². The van der Waals surface area contributed by atoms with Crippen molar-refractivity contribution in [3.05, 3.63) is 45.6 Å². The Kier molecular flexibility index (Phi) is 6.78. The van der Waals surface area contributed by atoms with Gasteiger partial charge in [0.05, 0.1) is 16.1 Å². The zero-order chi connectivity index (χ0) is 15.8. The van der Waals surface area contributed by atoms with E-state index in [9.17, 15) is 4.79 Å². The van der Waals surface area contributed by atoms with E-state index in [0.717, 1.165) is 25.5 Å². The Morgan fingerprint density at radius 2 is 2.14 bits per heavy atom. The minimum Gasteiger partial charge on any atom is -0.325 e. The van der Waals surface area contributed by atoms with Gasteiger partial charge >= 0.3 is 0 Å². The summed E-state index contributed by atoms with van der Waals surface area (Å²) in [5, 5.41) is 11.5. The van der Waals surface area contributed by atoms with Crippen LogP contribution in [0.5, 0.6) is 0 Å². The van der Waals surface area contributed by atoms with Crippen LogP contribution in [0.1, 0.15) is 17.7 Å². The third-order valence-electron chi connectivity index (χ3n) is 2.86. The average molecular weight is 351 g/mol. The number of halogens is 1. The van der Waals surface area contributed by atoms with Crippen molar-refractivity contribution in [1.82, 2.24) is 0 Å². The molecule has 1 aromatic heterocycles. The molecule has 0 bridgehead atoms. The smallest absolute Gasteiger partial charge is 0.224 e. The highest BCUT2D eigenvalue weighted by molar-refractivity contribution is 7.99. The molecule has 1 amide bonds. The van der Waals surface area contributed by atoms with Crippen LogP contribution in [0.4, 0.5) is 5.69 Å². The van der Waals surface area contributed by atoms with E-state index < -0.39 is 0 Å². The molecule has 2 rings (SSSR count). The van der Waals surface area contributed by atoms with Gasteiger partial charge in [0.25, 0.3) is 0 Å². The van der Waals surface area contributed by atoms with Crippen LogP contribution in [-0.2, 0) is 11.2 Å². The molecule has 1 heterocycles. The van der Waals surface area contributed by atoms with E-state index in [2.05, 4.69) is 11.4 Å². The summed E-state index contributed by atoms with van der Waals surface area (Å²) in [5.41, 5.74) is 0.805. The van der Waals surface area contributed by atoms with Gasteiger partial charge < -0.3 is 5.32 Å². The Labute approximate surface area is 143 Å². The van der Waals surface area contributed by atoms with Gasteiger partial charge in [0.15, 0.2) is 0 Å². The first-order valence-corrected chi connectivity index (χ1v) is 9.00. The molecule has 0 radical (unpaired) electrons. The van der Waals surface area contributed by atoms with Crippen molar-refractivity contribution in [2.24, 2.45) is 0 Å². The quantitative estimate of drug-likeness (QED) is 0.566. The van der Waals surface area contributed by atoms with Crippen LogP contribution in [0.3, 0.4) is 0 Å². The molecule has 1 N–H and O–H groups in total. The third-order valence-corrected chi connectivity index (χ3v) is 5.23. The SMILES string of the molecule is N#CCCSc1ccccc1NC(=O)CCc1ccc(Cl)s1. The van der Waals surface area contributed by atoms with Crippen molar-refractivity contribution in [1.29, 1.82) is 5.26 Å². The number of hydrogen-bond donors (Lipinski definition) is 1. The molecular formula is C16H15ClN2OS2. The average Bonchev–Trinajstić information content (AvgIpc) is 2.93. The molecule has 1 aromatic carbocycles. The van der Waals surface area contributed by atoms with Gasteiger partial charge in [0.2, 0.25) is 5.91 Å². The minimum absolute atomic E-state index is 0.0159. The Bertz CT molecular complexity index is 679. The molecule has 6 heteroatoms. The first-order valence-electron chi connectivity index (χ1n) is 6.82. The molecule has 0 spiro atoms. The van der Waals surface area contributed by atoms with Crippen molar-refractivity contribution in [2.45, 2.75) is 24.2 Å². The van der Waals surface area contributed by atoms with E-state index in [4.69, 9.17) is 16.9 Å². The second-order valence-corrected chi connectivity index (χ2v) is 7.44. The molecule has 0 aliphatic rings. The highest BCUT2D eigenvalue weighted by Crippen LogP contribution is 2.28. The van der Waals surface area contributed by atoms with Gasteiger partial charge in [-0.05, 0) is 30.7 Å². The molecule has 114 valence electrons. The predicted molar refractivity (Wildman–Crippen MR) is 93.7 cm³/mol. The Morgan fingerprint density at radius 1 is 1.32 bits per heavy atom. The van der Waals surface area contributed by atoms with Crippen LogP contribution >= 0.6 is 34.7 Å². The van der Waals surface area contributed by atoms with E-state index in [1.54, 1.807) is 11.8 Å². The molecule has 0 aliphatic heterocycles. The zero-order valence-electron chi connectivity index (χ0n) is 11.8. The first-order chi connectivity index (χ1) is 10.7. The van der Waals surface area contributed by atoms with Crippen molar-refractivity contribution >= 4 is 46.3 Å². The fraction of sp³-hybridized carbons (Fsp3) is 0.250. The van der Waals surface area contributed by atoms with Gasteiger partial charge in [-0.2, -0.15) is 5.26 Å². The number of nitrogens with zero attached hydrogens (tertiary/aromatic N) is 1. The number of nitrogens with one attached hydrogen (secondary N) is 1. The Balaban J connectivity index is 1.89. The number of benzene rings is 1. The van der Waals surface area contributed by atoms with Gasteiger partial charge in [0, 0.05) is 28.4 Å². The van der Waals surface area contributed by atoms with Crippen LogP contribution < -0.4 is 5.32 Å². The lowest BCUT2D eigenvalue weighted by molar-refractivity contribution is -0.116. The molecule has 0 fully saturated rings. The molecule has 0 unspecified atom stereocenters. The number of aryl methyl sites for hydroxylation is 1. The van der Waals surface area contributed by atoms with Gasteiger partial charge in [-0.15, -0.1) is 23.1 Å². The second kappa shape index (κ2) is 8.84. The third kappa shape index (κ3) is 5.38. The largest absolute Gasteiger partial charge is 0.325 e. The fourth-order valence-corrected chi connectivity index (χ4v) is 3.79. The first kappa shape index (κ1) is 16.9. The van der Waals surface area contributed by atoms with Gasteiger partial charge in [-0.1, -0.05) is 23.7 Å². The van der Waals surface area contributed by atoms with Gasteiger partial charge in [-0.3, -0.25) is 4.79 Å². The molecular weight excluding hydrogens is 336 g/mol. The number of thioether (sulfide) groups is 1. The standard InChI is InChI=1S/C16H15ClN2OS2/c17-15-8-6-12(22-15)7-9-16(20)19-13-4-1-2-5-14(13)21-11-3-10-18/h1-2,4-6,8H,3,7,9,11H2,(H,19,20). The number of para-hydroxylation sites is 1. The summed E-state index contributed by atoms with van der Waals surface area (Å²) in [6.07, 6.45) is 1.60. The lowest BCUT2D eigenvalue weighted by atomic mass is 10.2. The molecule has 0 saturated carbocycles. The van der Waals surface area contributed by atoms with Crippen LogP contribution in [0.15, 0.2) is 41.3 Å². The highest BCUT2D eigenvalue weighted by atomic mass is 35.5.